The molecule has 1 aromatic carbocycles. The van der Waals surface area contributed by atoms with Crippen LogP contribution in [0.3, 0.4) is 0 Å². The predicted molar refractivity (Wildman–Crippen MR) is 64.4 cm³/mol. The normalized spacial score (nSPS) is 12.5. The van der Waals surface area contributed by atoms with E-state index in [9.17, 15) is 0 Å². The van der Waals surface area contributed by atoms with Gasteiger partial charge in [-0.1, -0.05) is 18.7 Å². The fourth-order valence-electron chi connectivity index (χ4n) is 1.09. The van der Waals surface area contributed by atoms with Gasteiger partial charge in [-0.25, -0.2) is 0 Å². The van der Waals surface area contributed by atoms with Crippen molar-refractivity contribution in [3.63, 3.8) is 0 Å². The number of hydrogen-bond donors (Lipinski definition) is 1. The number of rotatable bonds is 3. The van der Waals surface area contributed by atoms with E-state index in [1.807, 2.05) is 18.2 Å². The Bertz CT molecular complexity index is 307. The van der Waals surface area contributed by atoms with E-state index in [2.05, 4.69) is 36.1 Å². The van der Waals surface area contributed by atoms with Crippen LogP contribution in [0.1, 0.15) is 17.0 Å². The van der Waals surface area contributed by atoms with Crippen molar-refractivity contribution >= 4 is 28.7 Å². The van der Waals surface area contributed by atoms with E-state index in [1.165, 1.54) is 0 Å². The third kappa shape index (κ3) is 2.81. The van der Waals surface area contributed by atoms with Crippen LogP contribution in [0.2, 0.25) is 0 Å². The Hall–Kier alpha value is -0.350. The highest BCUT2D eigenvalue weighted by molar-refractivity contribution is 14.1. The van der Waals surface area contributed by atoms with Gasteiger partial charge in [-0.3, -0.25) is 0 Å². The molecule has 1 N–H and O–H groups in total. The maximum atomic E-state index is 8.95. The van der Waals surface area contributed by atoms with Crippen molar-refractivity contribution in [2.75, 3.05) is 6.61 Å². The highest BCUT2D eigenvalue weighted by Crippen LogP contribution is 2.20. The average molecular weight is 287 g/mol. The molecule has 0 fully saturated rings. The quantitative estimate of drug-likeness (QED) is 0.848. The van der Waals surface area contributed by atoms with Crippen LogP contribution in [0.25, 0.3) is 6.08 Å². The van der Waals surface area contributed by atoms with Gasteiger partial charge in [0.2, 0.25) is 0 Å². The van der Waals surface area contributed by atoms with Crippen molar-refractivity contribution in [3.8, 4) is 0 Å². The third-order valence-corrected chi connectivity index (χ3v) is 2.49. The minimum absolute atomic E-state index is 0.0478. The zero-order valence-corrected chi connectivity index (χ0v) is 9.49. The Morgan fingerprint density at radius 1 is 1.46 bits per heavy atom. The summed E-state index contributed by atoms with van der Waals surface area (Å²) in [5, 5.41) is 8.95. The topological polar surface area (TPSA) is 20.2 Å². The predicted octanol–water partition coefficient (Wildman–Crippen LogP) is 2.84. The van der Waals surface area contributed by atoms with Gasteiger partial charge in [-0.05, 0) is 52.8 Å². The summed E-state index contributed by atoms with van der Waals surface area (Å²) >= 11 is 2.25. The van der Waals surface area contributed by atoms with Gasteiger partial charge in [-0.2, -0.15) is 0 Å². The molecular formula is C11H12IO. The second kappa shape index (κ2) is 4.77. The standard InChI is InChI=1S/C11H12IO/c1-3-9-4-10(8(2)7-13)6-11(12)5-9/h3-6,8,13H,1-2,7H2. The molecular weight excluding hydrogens is 275 g/mol. The Balaban J connectivity index is 3.07. The van der Waals surface area contributed by atoms with Crippen LogP contribution in [0.4, 0.5) is 0 Å². The molecule has 1 aromatic rings. The van der Waals surface area contributed by atoms with Crippen LogP contribution < -0.4 is 0 Å². The molecule has 0 aliphatic rings. The van der Waals surface area contributed by atoms with E-state index < -0.39 is 0 Å². The zero-order chi connectivity index (χ0) is 9.84. The molecule has 0 saturated heterocycles. The first-order valence-corrected chi connectivity index (χ1v) is 5.12. The Morgan fingerprint density at radius 3 is 2.69 bits per heavy atom. The van der Waals surface area contributed by atoms with Gasteiger partial charge in [0.1, 0.15) is 0 Å². The van der Waals surface area contributed by atoms with Gasteiger partial charge in [0.25, 0.3) is 0 Å². The van der Waals surface area contributed by atoms with Crippen LogP contribution >= 0.6 is 22.6 Å². The molecule has 13 heavy (non-hydrogen) atoms. The lowest BCUT2D eigenvalue weighted by molar-refractivity contribution is 0.282. The van der Waals surface area contributed by atoms with Crippen molar-refractivity contribution in [1.82, 2.24) is 0 Å². The Kier molecular flexibility index (Phi) is 3.93. The van der Waals surface area contributed by atoms with Crippen molar-refractivity contribution in [1.29, 1.82) is 0 Å². The molecule has 0 aliphatic carbocycles. The number of aliphatic hydroxyl groups is 1. The molecule has 0 heterocycles. The van der Waals surface area contributed by atoms with E-state index in [-0.39, 0.29) is 12.5 Å². The van der Waals surface area contributed by atoms with E-state index in [0.717, 1.165) is 14.7 Å². The number of benzene rings is 1. The third-order valence-electron chi connectivity index (χ3n) is 1.87. The lowest BCUT2D eigenvalue weighted by Crippen LogP contribution is -1.99. The molecule has 0 aliphatic heterocycles. The molecule has 1 unspecified atom stereocenters. The van der Waals surface area contributed by atoms with E-state index >= 15 is 0 Å². The fourth-order valence-corrected chi connectivity index (χ4v) is 1.81. The molecule has 1 radical (unpaired) electrons. The summed E-state index contributed by atoms with van der Waals surface area (Å²) in [4.78, 5) is 0. The van der Waals surface area contributed by atoms with Crippen molar-refractivity contribution in [2.45, 2.75) is 5.92 Å². The number of aliphatic hydroxyl groups excluding tert-OH is 1. The minimum atomic E-state index is -0.0478. The van der Waals surface area contributed by atoms with Crippen LogP contribution in [0.15, 0.2) is 24.8 Å². The summed E-state index contributed by atoms with van der Waals surface area (Å²) in [6.45, 7) is 7.65. The largest absolute Gasteiger partial charge is 0.396 e. The van der Waals surface area contributed by atoms with E-state index in [1.54, 1.807) is 6.08 Å². The molecule has 1 nitrogen and oxygen atoms in total. The van der Waals surface area contributed by atoms with Crippen molar-refractivity contribution in [3.05, 3.63) is 46.4 Å². The summed E-state index contributed by atoms with van der Waals surface area (Å²) in [7, 11) is 0. The van der Waals surface area contributed by atoms with Gasteiger partial charge in [-0.15, -0.1) is 0 Å². The fraction of sp³-hybridized carbons (Fsp3) is 0.182. The van der Waals surface area contributed by atoms with Crippen LogP contribution in [-0.4, -0.2) is 11.7 Å². The minimum Gasteiger partial charge on any atom is -0.396 e. The molecule has 1 rings (SSSR count). The lowest BCUT2D eigenvalue weighted by atomic mass is 10.00. The van der Waals surface area contributed by atoms with Gasteiger partial charge < -0.3 is 5.11 Å². The van der Waals surface area contributed by atoms with Crippen LogP contribution in [-0.2, 0) is 0 Å². The zero-order valence-electron chi connectivity index (χ0n) is 7.33. The SMILES string of the molecule is [CH2]C(CO)c1cc(I)cc(C=C)c1. The summed E-state index contributed by atoms with van der Waals surface area (Å²) in [6, 6.07) is 6.08. The number of hydrogen-bond acceptors (Lipinski definition) is 1. The second-order valence-corrected chi connectivity index (χ2v) is 4.15. The van der Waals surface area contributed by atoms with Gasteiger partial charge in [0, 0.05) is 16.1 Å². The second-order valence-electron chi connectivity index (χ2n) is 2.90. The van der Waals surface area contributed by atoms with Crippen LogP contribution in [0.5, 0.6) is 0 Å². The van der Waals surface area contributed by atoms with Gasteiger partial charge in [0.05, 0.1) is 0 Å². The molecule has 0 spiro atoms. The summed E-state index contributed by atoms with van der Waals surface area (Å²) in [5.41, 5.74) is 2.13. The smallest absolute Gasteiger partial charge is 0.0499 e. The Morgan fingerprint density at radius 2 is 2.15 bits per heavy atom. The highest BCUT2D eigenvalue weighted by Gasteiger charge is 2.05. The molecule has 0 saturated carbocycles. The first kappa shape index (κ1) is 10.7. The van der Waals surface area contributed by atoms with E-state index in [0.29, 0.717) is 0 Å². The average Bonchev–Trinajstić information content (AvgIpc) is 2.15. The molecule has 69 valence electrons. The maximum Gasteiger partial charge on any atom is 0.0499 e. The lowest BCUT2D eigenvalue weighted by Gasteiger charge is -2.09. The first-order chi connectivity index (χ1) is 6.17. The van der Waals surface area contributed by atoms with Gasteiger partial charge in [0.15, 0.2) is 0 Å². The van der Waals surface area contributed by atoms with Gasteiger partial charge >= 0.3 is 0 Å². The molecule has 0 bridgehead atoms. The first-order valence-electron chi connectivity index (χ1n) is 4.04. The number of halogens is 1. The van der Waals surface area contributed by atoms with Crippen LogP contribution in [0, 0.1) is 10.5 Å². The van der Waals surface area contributed by atoms with E-state index in [4.69, 9.17) is 5.11 Å². The molecule has 0 amide bonds. The monoisotopic (exact) mass is 287 g/mol. The van der Waals surface area contributed by atoms with Crippen molar-refractivity contribution in [2.24, 2.45) is 0 Å². The summed E-state index contributed by atoms with van der Waals surface area (Å²) < 4.78 is 1.15. The van der Waals surface area contributed by atoms with Crippen molar-refractivity contribution < 1.29 is 5.11 Å². The summed E-state index contributed by atoms with van der Waals surface area (Å²) in [6.07, 6.45) is 1.80. The molecule has 2 heteroatoms. The molecule has 0 aromatic heterocycles. The Labute approximate surface area is 92.6 Å². The maximum absolute atomic E-state index is 8.95. The summed E-state index contributed by atoms with van der Waals surface area (Å²) in [5.74, 6) is -0.0478. The molecule has 1 atom stereocenters. The highest BCUT2D eigenvalue weighted by atomic mass is 127.